The van der Waals surface area contributed by atoms with Gasteiger partial charge in [0.05, 0.1) is 0 Å². The maximum absolute atomic E-state index is 11.4. The van der Waals surface area contributed by atoms with Gasteiger partial charge in [0, 0.05) is 6.54 Å². The van der Waals surface area contributed by atoms with E-state index in [1.54, 1.807) is 0 Å². The van der Waals surface area contributed by atoms with Gasteiger partial charge in [-0.05, 0) is 19.7 Å². The Kier molecular flexibility index (Phi) is 7.13. The van der Waals surface area contributed by atoms with E-state index in [1.807, 2.05) is 49.3 Å². The summed E-state index contributed by atoms with van der Waals surface area (Å²) in [6, 6.07) is 9.30. The molecule has 0 saturated heterocycles. The van der Waals surface area contributed by atoms with Crippen LogP contribution in [0.1, 0.15) is 5.56 Å². The predicted molar refractivity (Wildman–Crippen MR) is 74.1 cm³/mol. The van der Waals surface area contributed by atoms with E-state index in [1.165, 1.54) is 0 Å². The molecule has 0 fully saturated rings. The van der Waals surface area contributed by atoms with Crippen molar-refractivity contribution in [1.82, 2.24) is 10.2 Å². The van der Waals surface area contributed by atoms with Crippen LogP contribution < -0.4 is 5.32 Å². The average Bonchev–Trinajstić information content (AvgIpc) is 2.43. The van der Waals surface area contributed by atoms with Gasteiger partial charge in [0.2, 0.25) is 0 Å². The first-order chi connectivity index (χ1) is 9.58. The molecular formula is C14H20N2O4. The summed E-state index contributed by atoms with van der Waals surface area (Å²) in [6.07, 6.45) is -0.640. The summed E-state index contributed by atoms with van der Waals surface area (Å²) in [7, 11) is 3.76. The third kappa shape index (κ3) is 7.38. The summed E-state index contributed by atoms with van der Waals surface area (Å²) >= 11 is 0. The Hall–Kier alpha value is -2.08. The fourth-order valence-electron chi connectivity index (χ4n) is 1.31. The minimum Gasteiger partial charge on any atom is -0.463 e. The normalized spacial score (nSPS) is 10.2. The van der Waals surface area contributed by atoms with Gasteiger partial charge in [-0.15, -0.1) is 0 Å². The summed E-state index contributed by atoms with van der Waals surface area (Å²) in [4.78, 5) is 24.5. The minimum atomic E-state index is -0.640. The number of benzene rings is 1. The van der Waals surface area contributed by atoms with Crippen LogP contribution in [0.4, 0.5) is 4.79 Å². The molecule has 6 heteroatoms. The van der Waals surface area contributed by atoms with Crippen LogP contribution in [0.3, 0.4) is 0 Å². The molecule has 0 aliphatic carbocycles. The number of hydrogen-bond acceptors (Lipinski definition) is 5. The Labute approximate surface area is 118 Å². The van der Waals surface area contributed by atoms with E-state index in [0.717, 1.165) is 5.56 Å². The van der Waals surface area contributed by atoms with Crippen LogP contribution in [0.25, 0.3) is 0 Å². The largest absolute Gasteiger partial charge is 0.463 e. The molecule has 1 N–H and O–H groups in total. The molecule has 0 saturated carbocycles. The van der Waals surface area contributed by atoms with Crippen molar-refractivity contribution < 1.29 is 19.1 Å². The van der Waals surface area contributed by atoms with E-state index in [4.69, 9.17) is 9.47 Å². The molecular weight excluding hydrogens is 260 g/mol. The lowest BCUT2D eigenvalue weighted by molar-refractivity contribution is -0.142. The molecule has 1 rings (SSSR count). The predicted octanol–water partition coefficient (Wildman–Crippen LogP) is 1.02. The van der Waals surface area contributed by atoms with Crippen LogP contribution in [-0.4, -0.2) is 50.8 Å². The molecule has 1 aromatic rings. The van der Waals surface area contributed by atoms with Gasteiger partial charge in [-0.25, -0.2) is 4.79 Å². The number of alkyl carbamates (subject to hydrolysis) is 1. The first-order valence-corrected chi connectivity index (χ1v) is 6.33. The second-order valence-corrected chi connectivity index (χ2v) is 4.44. The van der Waals surface area contributed by atoms with Crippen LogP contribution in [0.2, 0.25) is 0 Å². The van der Waals surface area contributed by atoms with Crippen molar-refractivity contribution in [2.45, 2.75) is 6.61 Å². The summed E-state index contributed by atoms with van der Waals surface area (Å²) < 4.78 is 9.87. The smallest absolute Gasteiger partial charge is 0.407 e. The quantitative estimate of drug-likeness (QED) is 0.755. The zero-order valence-corrected chi connectivity index (χ0v) is 11.8. The molecule has 110 valence electrons. The summed E-state index contributed by atoms with van der Waals surface area (Å²) in [6.45, 7) is 0.917. The molecule has 1 aromatic carbocycles. The molecule has 0 aliphatic heterocycles. The number of carbonyl (C=O) groups excluding carboxylic acids is 2. The first kappa shape index (κ1) is 16.0. The van der Waals surface area contributed by atoms with Crippen LogP contribution in [0, 0.1) is 0 Å². The number of hydrogen-bond donors (Lipinski definition) is 1. The molecule has 20 heavy (non-hydrogen) atoms. The van der Waals surface area contributed by atoms with Crippen LogP contribution >= 0.6 is 0 Å². The van der Waals surface area contributed by atoms with Gasteiger partial charge >= 0.3 is 12.1 Å². The third-order valence-electron chi connectivity index (χ3n) is 2.39. The lowest BCUT2D eigenvalue weighted by Crippen LogP contribution is -2.32. The lowest BCUT2D eigenvalue weighted by Gasteiger charge is -2.10. The van der Waals surface area contributed by atoms with E-state index in [9.17, 15) is 9.59 Å². The number of likely N-dealkylation sites (N-methyl/N-ethyl adjacent to an activating group) is 1. The average molecular weight is 280 g/mol. The van der Waals surface area contributed by atoms with E-state index in [-0.39, 0.29) is 13.2 Å². The topological polar surface area (TPSA) is 67.9 Å². The molecule has 0 unspecified atom stereocenters. The number of esters is 1. The van der Waals surface area contributed by atoms with Crippen molar-refractivity contribution in [2.75, 3.05) is 33.8 Å². The number of rotatable bonds is 7. The van der Waals surface area contributed by atoms with E-state index in [0.29, 0.717) is 13.2 Å². The molecule has 0 atom stereocenters. The molecule has 1 amide bonds. The van der Waals surface area contributed by atoms with Crippen molar-refractivity contribution in [1.29, 1.82) is 0 Å². The highest BCUT2D eigenvalue weighted by molar-refractivity contribution is 5.77. The van der Waals surface area contributed by atoms with E-state index >= 15 is 0 Å². The SMILES string of the molecule is CN(C)CCOC(=O)CNC(=O)OCc1ccccc1. The number of carbonyl (C=O) groups is 2. The summed E-state index contributed by atoms with van der Waals surface area (Å²) in [5.74, 6) is -0.483. The Morgan fingerprint density at radius 2 is 1.85 bits per heavy atom. The second-order valence-electron chi connectivity index (χ2n) is 4.44. The molecule has 0 aliphatic rings. The number of amides is 1. The van der Waals surface area contributed by atoms with Gasteiger partial charge in [-0.2, -0.15) is 0 Å². The van der Waals surface area contributed by atoms with Crippen molar-refractivity contribution in [3.63, 3.8) is 0 Å². The van der Waals surface area contributed by atoms with Crippen molar-refractivity contribution >= 4 is 12.1 Å². The minimum absolute atomic E-state index is 0.169. The monoisotopic (exact) mass is 280 g/mol. The van der Waals surface area contributed by atoms with Crippen molar-refractivity contribution in [2.24, 2.45) is 0 Å². The zero-order chi connectivity index (χ0) is 14.8. The highest BCUT2D eigenvalue weighted by atomic mass is 16.6. The van der Waals surface area contributed by atoms with Gasteiger partial charge in [0.1, 0.15) is 19.8 Å². The maximum Gasteiger partial charge on any atom is 0.407 e. The van der Waals surface area contributed by atoms with Crippen molar-refractivity contribution in [3.05, 3.63) is 35.9 Å². The number of nitrogens with zero attached hydrogens (tertiary/aromatic N) is 1. The van der Waals surface area contributed by atoms with Gasteiger partial charge in [-0.3, -0.25) is 4.79 Å². The van der Waals surface area contributed by atoms with Gasteiger partial charge in [-0.1, -0.05) is 30.3 Å². The molecule has 0 heterocycles. The third-order valence-corrected chi connectivity index (χ3v) is 2.39. The Morgan fingerprint density at radius 3 is 2.50 bits per heavy atom. The number of nitrogens with one attached hydrogen (secondary N) is 1. The highest BCUT2D eigenvalue weighted by Crippen LogP contribution is 2.00. The Bertz CT molecular complexity index is 420. The number of ether oxygens (including phenoxy) is 2. The highest BCUT2D eigenvalue weighted by Gasteiger charge is 2.07. The Balaban J connectivity index is 2.12. The second kappa shape index (κ2) is 8.92. The molecule has 0 aromatic heterocycles. The molecule has 0 radical (unpaired) electrons. The molecule has 6 nitrogen and oxygen atoms in total. The Morgan fingerprint density at radius 1 is 1.15 bits per heavy atom. The van der Waals surface area contributed by atoms with Crippen molar-refractivity contribution in [3.8, 4) is 0 Å². The van der Waals surface area contributed by atoms with Gasteiger partial charge in [0.25, 0.3) is 0 Å². The fourth-order valence-corrected chi connectivity index (χ4v) is 1.31. The van der Waals surface area contributed by atoms with Crippen LogP contribution in [0.15, 0.2) is 30.3 Å². The van der Waals surface area contributed by atoms with E-state index in [2.05, 4.69) is 5.32 Å². The van der Waals surface area contributed by atoms with Gasteiger partial charge in [0.15, 0.2) is 0 Å². The van der Waals surface area contributed by atoms with Crippen LogP contribution in [0.5, 0.6) is 0 Å². The van der Waals surface area contributed by atoms with E-state index < -0.39 is 12.1 Å². The van der Waals surface area contributed by atoms with Crippen LogP contribution in [-0.2, 0) is 20.9 Å². The summed E-state index contributed by atoms with van der Waals surface area (Å²) in [5.41, 5.74) is 0.885. The standard InChI is InChI=1S/C14H20N2O4/c1-16(2)8-9-19-13(17)10-15-14(18)20-11-12-6-4-3-5-7-12/h3-7H,8-11H2,1-2H3,(H,15,18). The lowest BCUT2D eigenvalue weighted by atomic mass is 10.2. The first-order valence-electron chi connectivity index (χ1n) is 6.33. The molecule has 0 spiro atoms. The maximum atomic E-state index is 11.4. The molecule has 0 bridgehead atoms. The zero-order valence-electron chi connectivity index (χ0n) is 11.8. The van der Waals surface area contributed by atoms with Gasteiger partial charge < -0.3 is 19.7 Å². The summed E-state index contributed by atoms with van der Waals surface area (Å²) in [5, 5.41) is 2.34. The fraction of sp³-hybridized carbons (Fsp3) is 0.429.